The maximum absolute atomic E-state index is 12.0. The smallest absolute Gasteiger partial charge is 0.244 e. The minimum Gasteiger partial charge on any atom is -0.342 e. The molecule has 1 aliphatic carbocycles. The second-order valence-corrected chi connectivity index (χ2v) is 9.54. The molecular formula is C24H33NO2S. The molecule has 0 aromatic rings. The third-order valence-electron chi connectivity index (χ3n) is 5.38. The van der Waals surface area contributed by atoms with Crippen LogP contribution >= 0.6 is 11.8 Å². The normalized spacial score (nSPS) is 23.9. The first-order valence-electron chi connectivity index (χ1n) is 10.1. The molecule has 0 spiro atoms. The van der Waals surface area contributed by atoms with Gasteiger partial charge in [-0.3, -0.25) is 9.59 Å². The van der Waals surface area contributed by atoms with Crippen LogP contribution in [0.15, 0.2) is 58.7 Å². The SMILES string of the molecule is CC(C=CC1=C(C)CCCC1(C)C)=CC=CC(C)=CC(=O)NC1CCSC1=O. The van der Waals surface area contributed by atoms with Crippen molar-refractivity contribution in [3.05, 3.63) is 58.7 Å². The van der Waals surface area contributed by atoms with Crippen molar-refractivity contribution in [2.75, 3.05) is 5.75 Å². The van der Waals surface area contributed by atoms with Gasteiger partial charge >= 0.3 is 0 Å². The van der Waals surface area contributed by atoms with Crippen LogP contribution in [-0.2, 0) is 9.59 Å². The Morgan fingerprint density at radius 1 is 1.21 bits per heavy atom. The topological polar surface area (TPSA) is 46.2 Å². The molecule has 2 rings (SSSR count). The van der Waals surface area contributed by atoms with Gasteiger partial charge < -0.3 is 5.32 Å². The highest BCUT2D eigenvalue weighted by atomic mass is 32.2. The number of carbonyl (C=O) groups excluding carboxylic acids is 2. The first-order chi connectivity index (χ1) is 13.2. The molecular weight excluding hydrogens is 366 g/mol. The van der Waals surface area contributed by atoms with Crippen molar-refractivity contribution in [2.24, 2.45) is 5.41 Å². The summed E-state index contributed by atoms with van der Waals surface area (Å²) in [6.07, 6.45) is 16.3. The summed E-state index contributed by atoms with van der Waals surface area (Å²) in [6, 6.07) is -0.334. The zero-order chi connectivity index (χ0) is 20.7. The lowest BCUT2D eigenvalue weighted by Crippen LogP contribution is -2.36. The second-order valence-electron chi connectivity index (χ2n) is 8.44. The first-order valence-corrected chi connectivity index (χ1v) is 11.1. The maximum atomic E-state index is 12.0. The minimum atomic E-state index is -0.334. The molecule has 4 heteroatoms. The van der Waals surface area contributed by atoms with Gasteiger partial charge in [-0.1, -0.05) is 67.1 Å². The largest absolute Gasteiger partial charge is 0.342 e. The number of thioether (sulfide) groups is 1. The molecule has 1 saturated heterocycles. The average molecular weight is 400 g/mol. The Bertz CT molecular complexity index is 765. The van der Waals surface area contributed by atoms with Gasteiger partial charge in [-0.05, 0) is 63.0 Å². The second kappa shape index (κ2) is 10.1. The molecule has 1 heterocycles. The molecule has 0 aromatic heterocycles. The van der Waals surface area contributed by atoms with E-state index in [2.05, 4.69) is 51.2 Å². The van der Waals surface area contributed by atoms with Crippen molar-refractivity contribution >= 4 is 22.8 Å². The van der Waals surface area contributed by atoms with Crippen molar-refractivity contribution in [2.45, 2.75) is 66.3 Å². The van der Waals surface area contributed by atoms with Crippen LogP contribution in [0.1, 0.15) is 60.3 Å². The number of hydrogen-bond acceptors (Lipinski definition) is 3. The summed E-state index contributed by atoms with van der Waals surface area (Å²) in [5.74, 6) is 0.586. The average Bonchev–Trinajstić information content (AvgIpc) is 2.98. The number of carbonyl (C=O) groups is 2. The molecule has 1 aliphatic heterocycles. The fourth-order valence-corrected chi connectivity index (χ4v) is 4.66. The third kappa shape index (κ3) is 6.66. The van der Waals surface area contributed by atoms with E-state index in [1.165, 1.54) is 47.7 Å². The van der Waals surface area contributed by atoms with Gasteiger partial charge in [0.2, 0.25) is 11.0 Å². The predicted molar refractivity (Wildman–Crippen MR) is 120 cm³/mol. The zero-order valence-electron chi connectivity index (χ0n) is 17.8. The maximum Gasteiger partial charge on any atom is 0.244 e. The molecule has 0 aromatic carbocycles. The molecule has 3 nitrogen and oxygen atoms in total. The number of nitrogens with one attached hydrogen (secondary N) is 1. The van der Waals surface area contributed by atoms with Crippen LogP contribution in [0.4, 0.5) is 0 Å². The van der Waals surface area contributed by atoms with Crippen LogP contribution in [0.3, 0.4) is 0 Å². The monoisotopic (exact) mass is 399 g/mol. The van der Waals surface area contributed by atoms with Crippen molar-refractivity contribution in [1.29, 1.82) is 0 Å². The lowest BCUT2D eigenvalue weighted by Gasteiger charge is -2.32. The molecule has 0 saturated carbocycles. The molecule has 1 N–H and O–H groups in total. The van der Waals surface area contributed by atoms with Crippen LogP contribution in [0, 0.1) is 5.41 Å². The van der Waals surface area contributed by atoms with Gasteiger partial charge in [-0.15, -0.1) is 0 Å². The molecule has 152 valence electrons. The fraction of sp³-hybridized carbons (Fsp3) is 0.500. The van der Waals surface area contributed by atoms with E-state index in [0.717, 1.165) is 17.7 Å². The molecule has 1 atom stereocenters. The number of amides is 1. The quantitative estimate of drug-likeness (QED) is 0.462. The fourth-order valence-electron chi connectivity index (χ4n) is 3.73. The van der Waals surface area contributed by atoms with Gasteiger partial charge in [-0.2, -0.15) is 0 Å². The van der Waals surface area contributed by atoms with Gasteiger partial charge in [0.05, 0.1) is 6.04 Å². The van der Waals surface area contributed by atoms with E-state index < -0.39 is 0 Å². The molecule has 0 bridgehead atoms. The van der Waals surface area contributed by atoms with Gasteiger partial charge in [0.25, 0.3) is 0 Å². The summed E-state index contributed by atoms with van der Waals surface area (Å²) < 4.78 is 0. The van der Waals surface area contributed by atoms with Gasteiger partial charge in [-0.25, -0.2) is 0 Å². The summed E-state index contributed by atoms with van der Waals surface area (Å²) in [5.41, 5.74) is 5.24. The molecule has 1 amide bonds. The van der Waals surface area contributed by atoms with Crippen molar-refractivity contribution < 1.29 is 9.59 Å². The molecule has 1 fully saturated rings. The van der Waals surface area contributed by atoms with Crippen LogP contribution in [0.25, 0.3) is 0 Å². The Kier molecular flexibility index (Phi) is 8.11. The van der Waals surface area contributed by atoms with Crippen LogP contribution in [0.2, 0.25) is 0 Å². The van der Waals surface area contributed by atoms with Gasteiger partial charge in [0.1, 0.15) is 0 Å². The van der Waals surface area contributed by atoms with E-state index >= 15 is 0 Å². The third-order valence-corrected chi connectivity index (χ3v) is 6.39. The van der Waals surface area contributed by atoms with Crippen molar-refractivity contribution in [3.63, 3.8) is 0 Å². The summed E-state index contributed by atoms with van der Waals surface area (Å²) in [5, 5.41) is 2.84. The van der Waals surface area contributed by atoms with Crippen LogP contribution in [-0.4, -0.2) is 22.8 Å². The lowest BCUT2D eigenvalue weighted by molar-refractivity contribution is -0.121. The number of hydrogen-bond donors (Lipinski definition) is 1. The molecule has 2 aliphatic rings. The molecule has 0 radical (unpaired) electrons. The first kappa shape index (κ1) is 22.5. The lowest BCUT2D eigenvalue weighted by atomic mass is 9.72. The van der Waals surface area contributed by atoms with Crippen LogP contribution < -0.4 is 5.32 Å². The van der Waals surface area contributed by atoms with E-state index in [4.69, 9.17) is 0 Å². The Labute approximate surface area is 174 Å². The van der Waals surface area contributed by atoms with E-state index in [9.17, 15) is 9.59 Å². The Morgan fingerprint density at radius 2 is 1.96 bits per heavy atom. The van der Waals surface area contributed by atoms with E-state index in [1.807, 2.05) is 19.1 Å². The highest BCUT2D eigenvalue weighted by molar-refractivity contribution is 8.14. The van der Waals surface area contributed by atoms with Crippen LogP contribution in [0.5, 0.6) is 0 Å². The minimum absolute atomic E-state index is 0.0618. The highest BCUT2D eigenvalue weighted by Gasteiger charge is 2.27. The summed E-state index contributed by atoms with van der Waals surface area (Å²) in [6.45, 7) is 10.9. The highest BCUT2D eigenvalue weighted by Crippen LogP contribution is 2.40. The van der Waals surface area contributed by atoms with E-state index in [1.54, 1.807) is 6.08 Å². The Morgan fingerprint density at radius 3 is 2.61 bits per heavy atom. The summed E-state index contributed by atoms with van der Waals surface area (Å²) in [7, 11) is 0. The Balaban J connectivity index is 1.93. The summed E-state index contributed by atoms with van der Waals surface area (Å²) in [4.78, 5) is 23.6. The van der Waals surface area contributed by atoms with E-state index in [0.29, 0.717) is 0 Å². The standard InChI is InChI=1S/C24H33NO2S/c1-17(11-12-20-19(3)10-7-14-24(20,4)5)8-6-9-18(2)16-22(26)25-21-13-15-28-23(21)27/h6,8-9,11-12,16,21H,7,10,13-15H2,1-5H3,(H,25,26). The van der Waals surface area contributed by atoms with Crippen molar-refractivity contribution in [1.82, 2.24) is 5.32 Å². The zero-order valence-corrected chi connectivity index (χ0v) is 18.6. The Hall–Kier alpha value is -1.81. The predicted octanol–water partition coefficient (Wildman–Crippen LogP) is 5.67. The molecule has 1 unspecified atom stereocenters. The van der Waals surface area contributed by atoms with E-state index in [-0.39, 0.29) is 22.5 Å². The number of allylic oxidation sites excluding steroid dienone is 9. The van der Waals surface area contributed by atoms with Gasteiger partial charge in [0, 0.05) is 11.8 Å². The van der Waals surface area contributed by atoms with Gasteiger partial charge in [0.15, 0.2) is 0 Å². The summed E-state index contributed by atoms with van der Waals surface area (Å²) >= 11 is 1.29. The van der Waals surface area contributed by atoms with Crippen molar-refractivity contribution in [3.8, 4) is 0 Å². The number of rotatable bonds is 6. The molecule has 28 heavy (non-hydrogen) atoms.